The molecule has 0 aromatic carbocycles. The van der Waals surface area contributed by atoms with Gasteiger partial charge in [-0.1, -0.05) is 23.9 Å². The number of carbonyl (C=O) groups is 1. The van der Waals surface area contributed by atoms with Gasteiger partial charge in [-0.15, -0.1) is 0 Å². The Kier molecular flexibility index (Phi) is 4.45. The van der Waals surface area contributed by atoms with Gasteiger partial charge >= 0.3 is 0 Å². The first-order valence-electron chi connectivity index (χ1n) is 10.6. The highest BCUT2D eigenvalue weighted by atomic mass is 16.2. The number of amides is 1. The topological polar surface area (TPSA) is 93.4 Å². The molecule has 29 heavy (non-hydrogen) atoms. The van der Waals surface area contributed by atoms with Crippen LogP contribution in [0, 0.1) is 0 Å². The highest BCUT2D eigenvalue weighted by Crippen LogP contribution is 2.28. The Morgan fingerprint density at radius 1 is 1.14 bits per heavy atom. The molecule has 2 fully saturated rings. The summed E-state index contributed by atoms with van der Waals surface area (Å²) in [5, 5.41) is 3.55. The fourth-order valence-corrected chi connectivity index (χ4v) is 4.91. The number of hydrogen-bond donors (Lipinski definition) is 2. The van der Waals surface area contributed by atoms with Gasteiger partial charge < -0.3 is 11.1 Å². The summed E-state index contributed by atoms with van der Waals surface area (Å²) < 4.78 is 3.47. The normalized spacial score (nSPS) is 18.1. The molecule has 2 aliphatic rings. The summed E-state index contributed by atoms with van der Waals surface area (Å²) in [6.45, 7) is 0. The third kappa shape index (κ3) is 3.05. The van der Waals surface area contributed by atoms with Crippen LogP contribution >= 0.6 is 0 Å². The van der Waals surface area contributed by atoms with Gasteiger partial charge in [0.05, 0.1) is 6.04 Å². The number of hydrogen-bond acceptors (Lipinski definition) is 4. The van der Waals surface area contributed by atoms with E-state index in [-0.39, 0.29) is 23.6 Å². The Bertz CT molecular complexity index is 1160. The maximum atomic E-state index is 13.2. The van der Waals surface area contributed by atoms with Crippen LogP contribution in [0.2, 0.25) is 0 Å². The molecule has 0 unspecified atom stereocenters. The van der Waals surface area contributed by atoms with Crippen LogP contribution in [0.3, 0.4) is 0 Å². The molecule has 0 aliphatic heterocycles. The SMILES string of the molecule is Nc1c(C(=O)NC2CCCC2)cc2c(=O)n3ccccc3nc2[n+]1C1CCCC1. The van der Waals surface area contributed by atoms with E-state index in [2.05, 4.69) is 5.32 Å². The Balaban J connectivity index is 1.74. The van der Waals surface area contributed by atoms with Crippen molar-refractivity contribution in [1.29, 1.82) is 0 Å². The molecule has 0 radical (unpaired) electrons. The Labute approximate surface area is 168 Å². The van der Waals surface area contributed by atoms with Crippen molar-refractivity contribution >= 4 is 28.4 Å². The number of rotatable bonds is 3. The number of nitrogen functional groups attached to an aromatic ring is 1. The molecule has 3 aromatic heterocycles. The maximum Gasteiger partial charge on any atom is 0.278 e. The monoisotopic (exact) mass is 392 g/mol. The molecule has 0 bridgehead atoms. The molecule has 2 saturated carbocycles. The van der Waals surface area contributed by atoms with Crippen molar-refractivity contribution in [2.24, 2.45) is 0 Å². The molecular formula is C22H26N5O2+. The summed E-state index contributed by atoms with van der Waals surface area (Å²) in [5.41, 5.74) is 7.91. The van der Waals surface area contributed by atoms with E-state index in [0.717, 1.165) is 51.4 Å². The van der Waals surface area contributed by atoms with E-state index >= 15 is 0 Å². The van der Waals surface area contributed by atoms with Crippen LogP contribution < -0.4 is 21.2 Å². The van der Waals surface area contributed by atoms with Gasteiger partial charge in [0.2, 0.25) is 11.5 Å². The van der Waals surface area contributed by atoms with Crippen LogP contribution in [0.25, 0.3) is 16.7 Å². The van der Waals surface area contributed by atoms with Crippen LogP contribution in [-0.2, 0) is 0 Å². The average Bonchev–Trinajstić information content (AvgIpc) is 3.42. The minimum Gasteiger partial charge on any atom is -0.349 e. The number of anilines is 1. The summed E-state index contributed by atoms with van der Waals surface area (Å²) >= 11 is 0. The molecule has 0 spiro atoms. The number of aromatic nitrogens is 3. The molecule has 3 N–H and O–H groups in total. The molecule has 150 valence electrons. The van der Waals surface area contributed by atoms with Gasteiger partial charge in [-0.25, -0.2) is 4.57 Å². The highest BCUT2D eigenvalue weighted by molar-refractivity contribution is 6.00. The molecule has 3 heterocycles. The third-order valence-electron chi connectivity index (χ3n) is 6.43. The zero-order chi connectivity index (χ0) is 20.0. The van der Waals surface area contributed by atoms with Crippen LogP contribution in [0.1, 0.15) is 67.8 Å². The molecule has 7 nitrogen and oxygen atoms in total. The number of nitrogens with zero attached hydrogens (tertiary/aromatic N) is 3. The summed E-state index contributed by atoms with van der Waals surface area (Å²) in [7, 11) is 0. The lowest BCUT2D eigenvalue weighted by Crippen LogP contribution is -2.46. The van der Waals surface area contributed by atoms with Crippen LogP contribution in [-0.4, -0.2) is 21.3 Å². The van der Waals surface area contributed by atoms with Gasteiger partial charge in [-0.2, -0.15) is 0 Å². The van der Waals surface area contributed by atoms with Crippen LogP contribution in [0.4, 0.5) is 5.82 Å². The highest BCUT2D eigenvalue weighted by Gasteiger charge is 2.31. The Morgan fingerprint density at radius 2 is 1.86 bits per heavy atom. The zero-order valence-electron chi connectivity index (χ0n) is 16.4. The van der Waals surface area contributed by atoms with Crippen LogP contribution in [0.5, 0.6) is 0 Å². The average molecular weight is 392 g/mol. The summed E-state index contributed by atoms with van der Waals surface area (Å²) in [6.07, 6.45) is 10.2. The van der Waals surface area contributed by atoms with Crippen molar-refractivity contribution in [1.82, 2.24) is 14.7 Å². The van der Waals surface area contributed by atoms with Crippen molar-refractivity contribution in [2.45, 2.75) is 63.5 Å². The number of fused-ring (bicyclic) bond motifs is 2. The van der Waals surface area contributed by atoms with Gasteiger partial charge in [0.1, 0.15) is 10.9 Å². The minimum absolute atomic E-state index is 0.162. The smallest absolute Gasteiger partial charge is 0.278 e. The molecule has 2 aliphatic carbocycles. The fraction of sp³-hybridized carbons (Fsp3) is 0.455. The number of carbonyl (C=O) groups excluding carboxylic acids is 1. The molecule has 0 atom stereocenters. The van der Waals surface area contributed by atoms with Crippen molar-refractivity contribution in [3.63, 3.8) is 0 Å². The molecule has 5 rings (SSSR count). The molecule has 1 amide bonds. The van der Waals surface area contributed by atoms with E-state index in [9.17, 15) is 9.59 Å². The molecule has 3 aromatic rings. The zero-order valence-corrected chi connectivity index (χ0v) is 16.4. The largest absolute Gasteiger partial charge is 0.349 e. The molecule has 0 saturated heterocycles. The third-order valence-corrected chi connectivity index (χ3v) is 6.43. The van der Waals surface area contributed by atoms with E-state index in [4.69, 9.17) is 10.7 Å². The van der Waals surface area contributed by atoms with Crippen molar-refractivity contribution in [3.8, 4) is 0 Å². The summed E-state index contributed by atoms with van der Waals surface area (Å²) in [6, 6.07) is 7.47. The Morgan fingerprint density at radius 3 is 2.62 bits per heavy atom. The van der Waals surface area contributed by atoms with E-state index < -0.39 is 0 Å². The predicted molar refractivity (Wildman–Crippen MR) is 111 cm³/mol. The first-order valence-corrected chi connectivity index (χ1v) is 10.6. The van der Waals surface area contributed by atoms with Crippen molar-refractivity contribution in [3.05, 3.63) is 46.4 Å². The molecule has 7 heteroatoms. The van der Waals surface area contributed by atoms with Gasteiger partial charge in [-0.3, -0.25) is 14.0 Å². The van der Waals surface area contributed by atoms with Crippen molar-refractivity contribution in [2.75, 3.05) is 5.73 Å². The van der Waals surface area contributed by atoms with E-state index in [1.54, 1.807) is 18.3 Å². The van der Waals surface area contributed by atoms with Crippen molar-refractivity contribution < 1.29 is 9.36 Å². The molecular weight excluding hydrogens is 366 g/mol. The lowest BCUT2D eigenvalue weighted by molar-refractivity contribution is -0.685. The quantitative estimate of drug-likeness (QED) is 0.529. The summed E-state index contributed by atoms with van der Waals surface area (Å²) in [4.78, 5) is 31.1. The Hall–Kier alpha value is -2.96. The van der Waals surface area contributed by atoms with Gasteiger partial charge in [0, 0.05) is 12.2 Å². The second kappa shape index (κ2) is 7.13. The lowest BCUT2D eigenvalue weighted by Gasteiger charge is -2.18. The van der Waals surface area contributed by atoms with Gasteiger partial charge in [0.15, 0.2) is 0 Å². The second-order valence-electron chi connectivity index (χ2n) is 8.29. The van der Waals surface area contributed by atoms with Gasteiger partial charge in [0.25, 0.3) is 17.1 Å². The fourth-order valence-electron chi connectivity index (χ4n) is 4.91. The predicted octanol–water partition coefficient (Wildman–Crippen LogP) is 2.50. The number of nitrogens with two attached hydrogens (primary N) is 1. The maximum absolute atomic E-state index is 13.2. The van der Waals surface area contributed by atoms with Crippen LogP contribution in [0.15, 0.2) is 35.3 Å². The minimum atomic E-state index is -0.194. The van der Waals surface area contributed by atoms with Gasteiger partial charge in [-0.05, 0) is 56.7 Å². The van der Waals surface area contributed by atoms with E-state index in [1.807, 2.05) is 16.7 Å². The lowest BCUT2D eigenvalue weighted by atomic mass is 10.1. The second-order valence-corrected chi connectivity index (χ2v) is 8.29. The van der Waals surface area contributed by atoms with E-state index in [1.165, 1.54) is 4.40 Å². The van der Waals surface area contributed by atoms with E-state index in [0.29, 0.717) is 28.1 Å². The first-order chi connectivity index (χ1) is 14.1. The number of pyridine rings is 2. The first kappa shape index (κ1) is 18.1. The number of nitrogens with one attached hydrogen (secondary N) is 1. The summed E-state index contributed by atoms with van der Waals surface area (Å²) in [5.74, 6) is 0.215. The standard InChI is InChI=1S/C22H25N5O2/c23-19-16(21(28)24-14-7-1-2-8-14)13-17-20(27(19)15-9-3-4-10-15)25-18-11-5-6-12-26(18)22(17)29/h5-6,11-15,23H,1-4,7-10H2,(H,24,28)/p+1.